The molecule has 1 aliphatic rings. The largest absolute Gasteiger partial charge is 0.486 e. The summed E-state index contributed by atoms with van der Waals surface area (Å²) in [6.45, 7) is 2.31. The van der Waals surface area contributed by atoms with Gasteiger partial charge in [0.1, 0.15) is 6.61 Å². The SMILES string of the molecule is CC(NCCOc1c(F)c(F)cc(F)c1F)C1CC1. The number of nitrogens with one attached hydrogen (secondary N) is 1. The third-order valence-corrected chi connectivity index (χ3v) is 3.22. The van der Waals surface area contributed by atoms with Gasteiger partial charge in [-0.1, -0.05) is 0 Å². The molecule has 1 aliphatic carbocycles. The Bertz CT molecular complexity index is 436. The van der Waals surface area contributed by atoms with E-state index in [0.29, 0.717) is 18.5 Å². The average molecular weight is 277 g/mol. The lowest BCUT2D eigenvalue weighted by atomic mass is 10.2. The van der Waals surface area contributed by atoms with Gasteiger partial charge in [0.05, 0.1) is 0 Å². The molecule has 0 saturated heterocycles. The molecule has 0 radical (unpaired) electrons. The molecular formula is C13H15F4NO. The molecule has 2 nitrogen and oxygen atoms in total. The Morgan fingerprint density at radius 3 is 2.32 bits per heavy atom. The van der Waals surface area contributed by atoms with Crippen LogP contribution in [0.2, 0.25) is 0 Å². The van der Waals surface area contributed by atoms with Gasteiger partial charge < -0.3 is 10.1 Å². The van der Waals surface area contributed by atoms with Crippen LogP contribution < -0.4 is 10.1 Å². The molecule has 0 heterocycles. The molecule has 2 rings (SSSR count). The molecule has 1 aromatic rings. The van der Waals surface area contributed by atoms with Crippen molar-refractivity contribution in [2.24, 2.45) is 5.92 Å². The predicted octanol–water partition coefficient (Wildman–Crippen LogP) is 3.01. The van der Waals surface area contributed by atoms with E-state index < -0.39 is 29.0 Å². The highest BCUT2D eigenvalue weighted by Crippen LogP contribution is 2.32. The van der Waals surface area contributed by atoms with Crippen molar-refractivity contribution < 1.29 is 22.3 Å². The third-order valence-electron chi connectivity index (χ3n) is 3.22. The van der Waals surface area contributed by atoms with Gasteiger partial charge in [-0.15, -0.1) is 0 Å². The smallest absolute Gasteiger partial charge is 0.203 e. The van der Waals surface area contributed by atoms with Gasteiger partial charge in [0.2, 0.25) is 11.6 Å². The standard InChI is InChI=1S/C13H15F4NO/c1-7(8-2-3-8)18-4-5-19-13-11(16)9(14)6-10(15)12(13)17/h6-8,18H,2-5H2,1H3. The Kier molecular flexibility index (Phi) is 4.29. The van der Waals surface area contributed by atoms with Crippen molar-refractivity contribution in [2.75, 3.05) is 13.2 Å². The monoisotopic (exact) mass is 277 g/mol. The Labute approximate surface area is 108 Å². The Hall–Kier alpha value is -1.30. The van der Waals surface area contributed by atoms with E-state index in [1.807, 2.05) is 6.92 Å². The molecule has 1 saturated carbocycles. The molecule has 0 bridgehead atoms. The van der Waals surface area contributed by atoms with Crippen molar-refractivity contribution >= 4 is 0 Å². The van der Waals surface area contributed by atoms with Crippen molar-refractivity contribution in [1.82, 2.24) is 5.32 Å². The minimum Gasteiger partial charge on any atom is -0.486 e. The molecule has 6 heteroatoms. The second kappa shape index (κ2) is 5.77. The van der Waals surface area contributed by atoms with Crippen LogP contribution in [0.1, 0.15) is 19.8 Å². The number of hydrogen-bond donors (Lipinski definition) is 1. The summed E-state index contributed by atoms with van der Waals surface area (Å²) in [7, 11) is 0. The zero-order valence-electron chi connectivity index (χ0n) is 10.5. The molecular weight excluding hydrogens is 262 g/mol. The van der Waals surface area contributed by atoms with Crippen molar-refractivity contribution in [3.8, 4) is 5.75 Å². The lowest BCUT2D eigenvalue weighted by Gasteiger charge is -2.14. The van der Waals surface area contributed by atoms with Crippen LogP contribution in [-0.4, -0.2) is 19.2 Å². The van der Waals surface area contributed by atoms with Crippen LogP contribution in [0, 0.1) is 29.2 Å². The van der Waals surface area contributed by atoms with E-state index in [1.54, 1.807) is 0 Å². The van der Waals surface area contributed by atoms with E-state index in [2.05, 4.69) is 5.32 Å². The van der Waals surface area contributed by atoms with Gasteiger partial charge in [-0.3, -0.25) is 0 Å². The van der Waals surface area contributed by atoms with E-state index in [0.717, 1.165) is 0 Å². The van der Waals surface area contributed by atoms with Crippen LogP contribution >= 0.6 is 0 Å². The number of benzene rings is 1. The zero-order valence-corrected chi connectivity index (χ0v) is 10.5. The first-order valence-corrected chi connectivity index (χ1v) is 6.20. The molecule has 0 aromatic heterocycles. The van der Waals surface area contributed by atoms with Gasteiger partial charge in [0, 0.05) is 18.7 Å². The molecule has 0 amide bonds. The highest BCUT2D eigenvalue weighted by molar-refractivity contribution is 5.28. The quantitative estimate of drug-likeness (QED) is 0.490. The molecule has 106 valence electrons. The first-order chi connectivity index (χ1) is 9.00. The summed E-state index contributed by atoms with van der Waals surface area (Å²) in [5, 5.41) is 3.13. The fraction of sp³-hybridized carbons (Fsp3) is 0.538. The van der Waals surface area contributed by atoms with Gasteiger partial charge in [0.25, 0.3) is 0 Å². The highest BCUT2D eigenvalue weighted by atomic mass is 19.2. The first kappa shape index (κ1) is 14.1. The summed E-state index contributed by atoms with van der Waals surface area (Å²) in [6.07, 6.45) is 2.35. The van der Waals surface area contributed by atoms with Crippen LogP contribution in [0.3, 0.4) is 0 Å². The molecule has 1 atom stereocenters. The summed E-state index contributed by atoms with van der Waals surface area (Å²) in [4.78, 5) is 0. The summed E-state index contributed by atoms with van der Waals surface area (Å²) in [6, 6.07) is 0.466. The molecule has 19 heavy (non-hydrogen) atoms. The Morgan fingerprint density at radius 2 is 1.79 bits per heavy atom. The molecule has 1 N–H and O–H groups in total. The molecule has 1 fully saturated rings. The predicted molar refractivity (Wildman–Crippen MR) is 62.0 cm³/mol. The number of ether oxygens (including phenoxy) is 1. The van der Waals surface area contributed by atoms with Gasteiger partial charge in [-0.2, -0.15) is 8.78 Å². The Morgan fingerprint density at radius 1 is 1.21 bits per heavy atom. The fourth-order valence-corrected chi connectivity index (χ4v) is 1.88. The summed E-state index contributed by atoms with van der Waals surface area (Å²) in [5.41, 5.74) is 0. The summed E-state index contributed by atoms with van der Waals surface area (Å²) in [5.74, 6) is -6.30. The number of rotatable bonds is 6. The van der Waals surface area contributed by atoms with Gasteiger partial charge in [0.15, 0.2) is 17.4 Å². The second-order valence-electron chi connectivity index (χ2n) is 4.73. The topological polar surface area (TPSA) is 21.3 Å². The molecule has 1 aromatic carbocycles. The molecule has 1 unspecified atom stereocenters. The van der Waals surface area contributed by atoms with Crippen LogP contribution in [0.15, 0.2) is 6.07 Å². The van der Waals surface area contributed by atoms with Crippen molar-refractivity contribution in [3.05, 3.63) is 29.3 Å². The van der Waals surface area contributed by atoms with Gasteiger partial charge >= 0.3 is 0 Å². The van der Waals surface area contributed by atoms with Crippen LogP contribution in [0.25, 0.3) is 0 Å². The molecule has 0 aliphatic heterocycles. The fourth-order valence-electron chi connectivity index (χ4n) is 1.88. The summed E-state index contributed by atoms with van der Waals surface area (Å²) >= 11 is 0. The van der Waals surface area contributed by atoms with E-state index in [4.69, 9.17) is 4.74 Å². The van der Waals surface area contributed by atoms with Crippen molar-refractivity contribution in [1.29, 1.82) is 0 Å². The zero-order chi connectivity index (χ0) is 14.0. The van der Waals surface area contributed by atoms with Crippen LogP contribution in [0.4, 0.5) is 17.6 Å². The van der Waals surface area contributed by atoms with Gasteiger partial charge in [-0.25, -0.2) is 8.78 Å². The first-order valence-electron chi connectivity index (χ1n) is 6.20. The maximum absolute atomic E-state index is 13.2. The van der Waals surface area contributed by atoms with Crippen molar-refractivity contribution in [3.63, 3.8) is 0 Å². The van der Waals surface area contributed by atoms with E-state index in [9.17, 15) is 17.6 Å². The maximum Gasteiger partial charge on any atom is 0.203 e. The maximum atomic E-state index is 13.2. The summed E-state index contributed by atoms with van der Waals surface area (Å²) < 4.78 is 57.1. The lowest BCUT2D eigenvalue weighted by molar-refractivity contribution is 0.264. The van der Waals surface area contributed by atoms with Crippen LogP contribution in [0.5, 0.6) is 5.75 Å². The van der Waals surface area contributed by atoms with Crippen LogP contribution in [-0.2, 0) is 0 Å². The minimum atomic E-state index is -1.51. The molecule has 0 spiro atoms. The van der Waals surface area contributed by atoms with E-state index >= 15 is 0 Å². The van der Waals surface area contributed by atoms with E-state index in [1.165, 1.54) is 12.8 Å². The average Bonchev–Trinajstić information content (AvgIpc) is 3.19. The highest BCUT2D eigenvalue weighted by Gasteiger charge is 2.27. The minimum absolute atomic E-state index is 0.0617. The normalized spacial score (nSPS) is 16.5. The lowest BCUT2D eigenvalue weighted by Crippen LogP contribution is -2.31. The van der Waals surface area contributed by atoms with Gasteiger partial charge in [-0.05, 0) is 25.7 Å². The van der Waals surface area contributed by atoms with E-state index in [-0.39, 0.29) is 12.7 Å². The Balaban J connectivity index is 1.88. The van der Waals surface area contributed by atoms with Crippen molar-refractivity contribution in [2.45, 2.75) is 25.8 Å². The third kappa shape index (κ3) is 3.37. The number of halogens is 4. The number of hydrogen-bond acceptors (Lipinski definition) is 2. The second-order valence-corrected chi connectivity index (χ2v) is 4.73.